The highest BCUT2D eigenvalue weighted by molar-refractivity contribution is 5.88. The van der Waals surface area contributed by atoms with Crippen molar-refractivity contribution in [2.75, 3.05) is 19.6 Å². The molecule has 0 heterocycles. The highest BCUT2D eigenvalue weighted by Gasteiger charge is 2.40. The maximum absolute atomic E-state index is 12.1. The van der Waals surface area contributed by atoms with E-state index in [0.29, 0.717) is 11.7 Å². The van der Waals surface area contributed by atoms with Crippen LogP contribution in [0, 0.1) is 11.3 Å². The Kier molecular flexibility index (Phi) is 4.97. The van der Waals surface area contributed by atoms with Crippen LogP contribution in [-0.2, 0) is 4.79 Å². The quantitative estimate of drug-likeness (QED) is 0.692. The van der Waals surface area contributed by atoms with Crippen molar-refractivity contribution >= 4 is 5.78 Å². The number of carbonyl (C=O) groups excluding carboxylic acids is 1. The summed E-state index contributed by atoms with van der Waals surface area (Å²) >= 11 is 0. The molecule has 0 spiro atoms. The van der Waals surface area contributed by atoms with Crippen LogP contribution in [0.1, 0.15) is 53.4 Å². The van der Waals surface area contributed by atoms with E-state index in [0.717, 1.165) is 32.5 Å². The average molecular weight is 225 g/mol. The Morgan fingerprint density at radius 1 is 1.25 bits per heavy atom. The molecule has 1 aliphatic carbocycles. The van der Waals surface area contributed by atoms with Gasteiger partial charge in [-0.25, -0.2) is 0 Å². The van der Waals surface area contributed by atoms with Crippen molar-refractivity contribution in [3.63, 3.8) is 0 Å². The van der Waals surface area contributed by atoms with Gasteiger partial charge in [-0.05, 0) is 38.8 Å². The van der Waals surface area contributed by atoms with Crippen molar-refractivity contribution in [2.45, 2.75) is 53.4 Å². The molecule has 2 heteroatoms. The fourth-order valence-corrected chi connectivity index (χ4v) is 2.75. The SMILES string of the molecule is CCCN(CCC)CC1CCC(C)(C)C1=O. The van der Waals surface area contributed by atoms with Gasteiger partial charge in [-0.15, -0.1) is 0 Å². The van der Waals surface area contributed by atoms with Crippen LogP contribution in [0.25, 0.3) is 0 Å². The van der Waals surface area contributed by atoms with Gasteiger partial charge in [-0.2, -0.15) is 0 Å². The van der Waals surface area contributed by atoms with E-state index in [2.05, 4.69) is 32.6 Å². The van der Waals surface area contributed by atoms with Crippen molar-refractivity contribution < 1.29 is 4.79 Å². The molecular formula is C14H27NO. The van der Waals surface area contributed by atoms with Crippen molar-refractivity contribution in [1.82, 2.24) is 4.90 Å². The second-order valence-electron chi connectivity index (χ2n) is 5.78. The van der Waals surface area contributed by atoms with E-state index in [1.165, 1.54) is 12.8 Å². The smallest absolute Gasteiger partial charge is 0.142 e. The first-order chi connectivity index (χ1) is 7.51. The van der Waals surface area contributed by atoms with Crippen LogP contribution >= 0.6 is 0 Å². The van der Waals surface area contributed by atoms with Crippen LogP contribution in [-0.4, -0.2) is 30.3 Å². The predicted molar refractivity (Wildman–Crippen MR) is 68.5 cm³/mol. The lowest BCUT2D eigenvalue weighted by atomic mass is 9.89. The maximum atomic E-state index is 12.1. The molecule has 0 N–H and O–H groups in total. The minimum Gasteiger partial charge on any atom is -0.303 e. The van der Waals surface area contributed by atoms with Crippen LogP contribution < -0.4 is 0 Å². The molecule has 1 rings (SSSR count). The topological polar surface area (TPSA) is 20.3 Å². The Morgan fingerprint density at radius 2 is 1.81 bits per heavy atom. The second kappa shape index (κ2) is 5.81. The molecule has 1 atom stereocenters. The van der Waals surface area contributed by atoms with Gasteiger partial charge >= 0.3 is 0 Å². The summed E-state index contributed by atoms with van der Waals surface area (Å²) < 4.78 is 0. The Balaban J connectivity index is 2.49. The second-order valence-corrected chi connectivity index (χ2v) is 5.78. The van der Waals surface area contributed by atoms with E-state index < -0.39 is 0 Å². The molecule has 0 radical (unpaired) electrons. The number of Topliss-reactive ketones (excluding diaryl/α,β-unsaturated/α-hetero) is 1. The molecule has 1 unspecified atom stereocenters. The maximum Gasteiger partial charge on any atom is 0.142 e. The fourth-order valence-electron chi connectivity index (χ4n) is 2.75. The largest absolute Gasteiger partial charge is 0.303 e. The molecule has 94 valence electrons. The highest BCUT2D eigenvalue weighted by Crippen LogP contribution is 2.37. The molecule has 1 aliphatic rings. The molecule has 0 saturated heterocycles. The standard InChI is InChI=1S/C14H27NO/c1-5-9-15(10-6-2)11-12-7-8-14(3,4)13(12)16/h12H,5-11H2,1-4H3. The fraction of sp³-hybridized carbons (Fsp3) is 0.929. The van der Waals surface area contributed by atoms with Gasteiger partial charge in [0.2, 0.25) is 0 Å². The van der Waals surface area contributed by atoms with Gasteiger partial charge < -0.3 is 4.90 Å². The molecule has 2 nitrogen and oxygen atoms in total. The normalized spacial score (nSPS) is 24.3. The zero-order valence-corrected chi connectivity index (χ0v) is 11.4. The van der Waals surface area contributed by atoms with Crippen LogP contribution in [0.4, 0.5) is 0 Å². The summed E-state index contributed by atoms with van der Waals surface area (Å²) in [5.74, 6) is 0.790. The van der Waals surface area contributed by atoms with Gasteiger partial charge in [0, 0.05) is 17.9 Å². The average Bonchev–Trinajstić information content (AvgIpc) is 2.46. The first-order valence-corrected chi connectivity index (χ1v) is 6.78. The first kappa shape index (κ1) is 13.7. The van der Waals surface area contributed by atoms with E-state index in [4.69, 9.17) is 0 Å². The minimum absolute atomic E-state index is 0.0607. The number of hydrogen-bond acceptors (Lipinski definition) is 2. The lowest BCUT2D eigenvalue weighted by Gasteiger charge is -2.24. The zero-order valence-electron chi connectivity index (χ0n) is 11.4. The molecule has 0 aromatic heterocycles. The third kappa shape index (κ3) is 3.31. The summed E-state index contributed by atoms with van der Waals surface area (Å²) in [7, 11) is 0. The van der Waals surface area contributed by atoms with Crippen LogP contribution in [0.5, 0.6) is 0 Å². The van der Waals surface area contributed by atoms with Crippen LogP contribution in [0.3, 0.4) is 0 Å². The molecule has 0 amide bonds. The summed E-state index contributed by atoms with van der Waals surface area (Å²) in [6.45, 7) is 11.9. The molecule has 0 aliphatic heterocycles. The Labute approximate surface area is 100 Å². The van der Waals surface area contributed by atoms with Gasteiger partial charge in [-0.3, -0.25) is 4.79 Å². The zero-order chi connectivity index (χ0) is 12.2. The van der Waals surface area contributed by atoms with Gasteiger partial charge in [0.25, 0.3) is 0 Å². The Hall–Kier alpha value is -0.370. The van der Waals surface area contributed by atoms with Crippen molar-refractivity contribution in [3.05, 3.63) is 0 Å². The van der Waals surface area contributed by atoms with Crippen molar-refractivity contribution in [3.8, 4) is 0 Å². The predicted octanol–water partition coefficient (Wildman–Crippen LogP) is 3.11. The number of carbonyl (C=O) groups is 1. The summed E-state index contributed by atoms with van der Waals surface area (Å²) in [4.78, 5) is 14.6. The van der Waals surface area contributed by atoms with Crippen molar-refractivity contribution in [2.24, 2.45) is 11.3 Å². The molecule has 0 aromatic rings. The van der Waals surface area contributed by atoms with Crippen LogP contribution in [0.15, 0.2) is 0 Å². The molecule has 1 fully saturated rings. The third-order valence-corrected chi connectivity index (χ3v) is 3.71. The summed E-state index contributed by atoms with van der Waals surface area (Å²) in [6, 6.07) is 0. The van der Waals surface area contributed by atoms with Gasteiger partial charge in [0.05, 0.1) is 0 Å². The summed E-state index contributed by atoms with van der Waals surface area (Å²) in [5, 5.41) is 0. The first-order valence-electron chi connectivity index (χ1n) is 6.78. The number of hydrogen-bond donors (Lipinski definition) is 0. The number of rotatable bonds is 6. The molecule has 0 aromatic carbocycles. The summed E-state index contributed by atoms with van der Waals surface area (Å²) in [5.41, 5.74) is -0.0607. The summed E-state index contributed by atoms with van der Waals surface area (Å²) in [6.07, 6.45) is 4.53. The Bertz CT molecular complexity index is 229. The van der Waals surface area contributed by atoms with E-state index in [-0.39, 0.29) is 5.41 Å². The van der Waals surface area contributed by atoms with Gasteiger partial charge in [-0.1, -0.05) is 27.7 Å². The van der Waals surface area contributed by atoms with E-state index in [1.807, 2.05) is 0 Å². The highest BCUT2D eigenvalue weighted by atomic mass is 16.1. The number of nitrogens with zero attached hydrogens (tertiary/aromatic N) is 1. The number of ketones is 1. The van der Waals surface area contributed by atoms with Gasteiger partial charge in [0.1, 0.15) is 5.78 Å². The van der Waals surface area contributed by atoms with Gasteiger partial charge in [0.15, 0.2) is 0 Å². The molecular weight excluding hydrogens is 198 g/mol. The van der Waals surface area contributed by atoms with E-state index in [9.17, 15) is 4.79 Å². The lowest BCUT2D eigenvalue weighted by molar-refractivity contribution is -0.127. The van der Waals surface area contributed by atoms with E-state index in [1.54, 1.807) is 0 Å². The Morgan fingerprint density at radius 3 is 2.19 bits per heavy atom. The third-order valence-electron chi connectivity index (χ3n) is 3.71. The molecule has 16 heavy (non-hydrogen) atoms. The van der Waals surface area contributed by atoms with E-state index >= 15 is 0 Å². The minimum atomic E-state index is -0.0607. The monoisotopic (exact) mass is 225 g/mol. The van der Waals surface area contributed by atoms with Crippen LogP contribution in [0.2, 0.25) is 0 Å². The molecule has 1 saturated carbocycles. The van der Waals surface area contributed by atoms with Crippen molar-refractivity contribution in [1.29, 1.82) is 0 Å². The lowest BCUT2D eigenvalue weighted by Crippen LogP contribution is -2.34. The molecule has 0 bridgehead atoms.